The summed E-state index contributed by atoms with van der Waals surface area (Å²) in [4.78, 5) is 11.4. The summed E-state index contributed by atoms with van der Waals surface area (Å²) in [7, 11) is -2.03. The highest BCUT2D eigenvalue weighted by Crippen LogP contribution is 2.17. The quantitative estimate of drug-likeness (QED) is 0.568. The van der Waals surface area contributed by atoms with Crippen LogP contribution in [-0.4, -0.2) is 44.8 Å². The topological polar surface area (TPSA) is 86.5 Å². The van der Waals surface area contributed by atoms with Gasteiger partial charge in [-0.05, 0) is 24.3 Å². The lowest BCUT2D eigenvalue weighted by Crippen LogP contribution is -2.34. The molecular formula is C12H16BrNO4S2. The lowest BCUT2D eigenvalue weighted by atomic mass is 10.4. The molecule has 0 saturated heterocycles. The summed E-state index contributed by atoms with van der Waals surface area (Å²) in [5.74, 6) is 0.229. The molecule has 8 heteroatoms. The number of ether oxygens (including phenoxy) is 1. The van der Waals surface area contributed by atoms with Crippen molar-refractivity contribution in [1.82, 2.24) is 0 Å². The minimum atomic E-state index is -3.30. The zero-order valence-electron chi connectivity index (χ0n) is 10.9. The van der Waals surface area contributed by atoms with Crippen molar-refractivity contribution >= 4 is 43.5 Å². The molecule has 1 atom stereocenters. The molecule has 0 spiro atoms. The molecule has 0 fully saturated rings. The van der Waals surface area contributed by atoms with Gasteiger partial charge in [-0.3, -0.25) is 4.79 Å². The third-order valence-corrected chi connectivity index (χ3v) is 6.08. The van der Waals surface area contributed by atoms with Gasteiger partial charge in [0.05, 0.1) is 17.8 Å². The fourth-order valence-corrected chi connectivity index (χ4v) is 4.31. The molecule has 0 aliphatic heterocycles. The largest absolute Gasteiger partial charge is 0.468 e. The zero-order chi connectivity index (χ0) is 15.2. The monoisotopic (exact) mass is 381 g/mol. The first-order chi connectivity index (χ1) is 9.36. The number of esters is 1. The summed E-state index contributed by atoms with van der Waals surface area (Å²) < 4.78 is 29.4. The highest BCUT2D eigenvalue weighted by molar-refractivity contribution is 9.10. The summed E-state index contributed by atoms with van der Waals surface area (Å²) in [6.07, 6.45) is 0. The molecule has 20 heavy (non-hydrogen) atoms. The van der Waals surface area contributed by atoms with E-state index in [0.717, 1.165) is 4.47 Å². The second-order valence-electron chi connectivity index (χ2n) is 3.98. The van der Waals surface area contributed by atoms with Gasteiger partial charge in [0.25, 0.3) is 0 Å². The number of nitrogens with two attached hydrogens (primary N) is 1. The van der Waals surface area contributed by atoms with Crippen LogP contribution < -0.4 is 5.73 Å². The minimum absolute atomic E-state index is 0.00713. The van der Waals surface area contributed by atoms with Gasteiger partial charge in [0.2, 0.25) is 0 Å². The van der Waals surface area contributed by atoms with Crippen molar-refractivity contribution in [2.75, 3.05) is 24.4 Å². The Morgan fingerprint density at radius 1 is 1.40 bits per heavy atom. The third-order valence-electron chi connectivity index (χ3n) is 2.47. The number of halogens is 1. The van der Waals surface area contributed by atoms with Crippen LogP contribution in [0.25, 0.3) is 0 Å². The second kappa shape index (κ2) is 8.02. The van der Waals surface area contributed by atoms with Crippen molar-refractivity contribution in [2.45, 2.75) is 10.9 Å². The second-order valence-corrected chi connectivity index (χ2v) is 8.15. The number of hydrogen-bond acceptors (Lipinski definition) is 6. The average molecular weight is 382 g/mol. The normalized spacial score (nSPS) is 12.9. The summed E-state index contributed by atoms with van der Waals surface area (Å²) in [5.41, 5.74) is 5.56. The predicted molar refractivity (Wildman–Crippen MR) is 83.5 cm³/mol. The first-order valence-electron chi connectivity index (χ1n) is 5.76. The Hall–Kier alpha value is -0.570. The molecule has 0 radical (unpaired) electrons. The molecule has 1 unspecified atom stereocenters. The third kappa shape index (κ3) is 5.43. The number of rotatable bonds is 7. The standard InChI is InChI=1S/C12H16BrNO4S2/c1-18-12(15)11(14)8-19-6-7-20(16,17)10-4-2-9(13)3-5-10/h2-5,11H,6-8,14H2,1H3. The Labute approximate surface area is 131 Å². The summed E-state index contributed by atoms with van der Waals surface area (Å²) in [6, 6.07) is 5.77. The molecule has 0 aliphatic rings. The van der Waals surface area contributed by atoms with Crippen molar-refractivity contribution in [3.05, 3.63) is 28.7 Å². The van der Waals surface area contributed by atoms with Crippen LogP contribution in [0.1, 0.15) is 0 Å². The van der Waals surface area contributed by atoms with Gasteiger partial charge in [0, 0.05) is 16.0 Å². The molecule has 5 nitrogen and oxygen atoms in total. The van der Waals surface area contributed by atoms with E-state index in [2.05, 4.69) is 20.7 Å². The van der Waals surface area contributed by atoms with Crippen LogP contribution in [0.5, 0.6) is 0 Å². The average Bonchev–Trinajstić information content (AvgIpc) is 2.43. The Morgan fingerprint density at radius 3 is 2.55 bits per heavy atom. The van der Waals surface area contributed by atoms with E-state index in [0.29, 0.717) is 16.4 Å². The Kier molecular flexibility index (Phi) is 7.01. The maximum absolute atomic E-state index is 12.0. The smallest absolute Gasteiger partial charge is 0.323 e. The fourth-order valence-electron chi connectivity index (χ4n) is 1.36. The lowest BCUT2D eigenvalue weighted by molar-refractivity contribution is -0.141. The van der Waals surface area contributed by atoms with E-state index in [9.17, 15) is 13.2 Å². The van der Waals surface area contributed by atoms with Crippen LogP contribution in [0.15, 0.2) is 33.6 Å². The van der Waals surface area contributed by atoms with Crippen LogP contribution in [0, 0.1) is 0 Å². The van der Waals surface area contributed by atoms with Crippen molar-refractivity contribution in [1.29, 1.82) is 0 Å². The first kappa shape index (κ1) is 17.5. The fraction of sp³-hybridized carbons (Fsp3) is 0.417. The Bertz CT molecular complexity index is 545. The molecule has 0 aromatic heterocycles. The number of sulfone groups is 1. The van der Waals surface area contributed by atoms with E-state index in [4.69, 9.17) is 5.73 Å². The van der Waals surface area contributed by atoms with Crippen molar-refractivity contribution in [2.24, 2.45) is 5.73 Å². The molecule has 112 valence electrons. The van der Waals surface area contributed by atoms with Gasteiger partial charge in [-0.2, -0.15) is 11.8 Å². The number of hydrogen-bond donors (Lipinski definition) is 1. The molecule has 0 aliphatic carbocycles. The van der Waals surface area contributed by atoms with Crippen LogP contribution in [0.2, 0.25) is 0 Å². The van der Waals surface area contributed by atoms with Crippen LogP contribution >= 0.6 is 27.7 Å². The SMILES string of the molecule is COC(=O)C(N)CSCCS(=O)(=O)c1ccc(Br)cc1. The number of carbonyl (C=O) groups is 1. The number of methoxy groups -OCH3 is 1. The first-order valence-corrected chi connectivity index (χ1v) is 9.36. The highest BCUT2D eigenvalue weighted by Gasteiger charge is 2.16. The van der Waals surface area contributed by atoms with Crippen molar-refractivity contribution < 1.29 is 17.9 Å². The maximum Gasteiger partial charge on any atom is 0.323 e. The van der Waals surface area contributed by atoms with E-state index < -0.39 is 21.8 Å². The highest BCUT2D eigenvalue weighted by atomic mass is 79.9. The summed E-state index contributed by atoms with van der Waals surface area (Å²) in [6.45, 7) is 0. The predicted octanol–water partition coefficient (Wildman–Crippen LogP) is 1.46. The molecular weight excluding hydrogens is 366 g/mol. The van der Waals surface area contributed by atoms with Gasteiger partial charge in [-0.1, -0.05) is 15.9 Å². The van der Waals surface area contributed by atoms with E-state index in [1.807, 2.05) is 0 Å². The van der Waals surface area contributed by atoms with Crippen LogP contribution in [-0.2, 0) is 19.4 Å². The van der Waals surface area contributed by atoms with Gasteiger partial charge in [0.1, 0.15) is 6.04 Å². The molecule has 0 bridgehead atoms. The van der Waals surface area contributed by atoms with Crippen molar-refractivity contribution in [3.63, 3.8) is 0 Å². The number of thioether (sulfide) groups is 1. The van der Waals surface area contributed by atoms with Crippen LogP contribution in [0.4, 0.5) is 0 Å². The number of carbonyl (C=O) groups excluding carboxylic acids is 1. The van der Waals surface area contributed by atoms with E-state index in [-0.39, 0.29) is 5.75 Å². The molecule has 1 aromatic rings. The van der Waals surface area contributed by atoms with Gasteiger partial charge in [-0.15, -0.1) is 0 Å². The molecule has 1 rings (SSSR count). The van der Waals surface area contributed by atoms with E-state index >= 15 is 0 Å². The molecule has 0 amide bonds. The van der Waals surface area contributed by atoms with Crippen LogP contribution in [0.3, 0.4) is 0 Å². The van der Waals surface area contributed by atoms with E-state index in [1.54, 1.807) is 24.3 Å². The Balaban J connectivity index is 2.45. The lowest BCUT2D eigenvalue weighted by Gasteiger charge is -2.09. The molecule has 1 aromatic carbocycles. The number of benzene rings is 1. The summed E-state index contributed by atoms with van der Waals surface area (Å²) >= 11 is 4.57. The minimum Gasteiger partial charge on any atom is -0.468 e. The van der Waals surface area contributed by atoms with E-state index in [1.165, 1.54) is 18.9 Å². The Morgan fingerprint density at radius 2 is 2.00 bits per heavy atom. The van der Waals surface area contributed by atoms with Gasteiger partial charge < -0.3 is 10.5 Å². The molecule has 0 heterocycles. The molecule has 2 N–H and O–H groups in total. The zero-order valence-corrected chi connectivity index (χ0v) is 14.1. The molecule has 0 saturated carbocycles. The van der Waals surface area contributed by atoms with Gasteiger partial charge in [0.15, 0.2) is 9.84 Å². The van der Waals surface area contributed by atoms with Gasteiger partial charge >= 0.3 is 5.97 Å². The summed E-state index contributed by atoms with van der Waals surface area (Å²) in [5, 5.41) is 0. The van der Waals surface area contributed by atoms with Crippen molar-refractivity contribution in [3.8, 4) is 0 Å². The van der Waals surface area contributed by atoms with Gasteiger partial charge in [-0.25, -0.2) is 8.42 Å². The maximum atomic E-state index is 12.0.